The molecule has 0 saturated carbocycles. The van der Waals surface area contributed by atoms with Gasteiger partial charge in [0.25, 0.3) is 0 Å². The van der Waals surface area contributed by atoms with Crippen molar-refractivity contribution in [1.29, 1.82) is 0 Å². The van der Waals surface area contributed by atoms with Gasteiger partial charge in [0.1, 0.15) is 11.6 Å². The summed E-state index contributed by atoms with van der Waals surface area (Å²) < 4.78 is 5.37. The smallest absolute Gasteiger partial charge is 0.223 e. The lowest BCUT2D eigenvalue weighted by atomic mass is 10.2. The normalized spacial score (nSPS) is 15.0. The highest BCUT2D eigenvalue weighted by atomic mass is 16.5. The molecule has 22 heavy (non-hydrogen) atoms. The molecule has 2 aromatic rings. The fourth-order valence-electron chi connectivity index (χ4n) is 2.42. The van der Waals surface area contributed by atoms with Crippen LogP contribution in [-0.2, 0) is 11.2 Å². The second-order valence-corrected chi connectivity index (χ2v) is 5.32. The van der Waals surface area contributed by atoms with Gasteiger partial charge in [-0.05, 0) is 12.0 Å². The van der Waals surface area contributed by atoms with E-state index < -0.39 is 0 Å². The summed E-state index contributed by atoms with van der Waals surface area (Å²) in [6.45, 7) is 3.92. The molecule has 0 aromatic carbocycles. The van der Waals surface area contributed by atoms with E-state index in [1.807, 2.05) is 25.5 Å². The zero-order valence-electron chi connectivity index (χ0n) is 12.7. The molecular weight excluding hydrogens is 282 g/mol. The Morgan fingerprint density at radius 3 is 2.91 bits per heavy atom. The topological polar surface area (TPSA) is 96.2 Å². The molecule has 0 atom stereocenters. The van der Waals surface area contributed by atoms with E-state index in [0.29, 0.717) is 5.95 Å². The maximum atomic E-state index is 5.87. The number of rotatable bonds is 5. The van der Waals surface area contributed by atoms with Crippen LogP contribution in [0.2, 0.25) is 0 Å². The molecule has 0 amide bonds. The van der Waals surface area contributed by atoms with Crippen LogP contribution in [-0.4, -0.2) is 60.1 Å². The Kier molecular flexibility index (Phi) is 4.38. The van der Waals surface area contributed by atoms with E-state index in [1.54, 1.807) is 0 Å². The summed E-state index contributed by atoms with van der Waals surface area (Å²) in [5.41, 5.74) is 7.04. The summed E-state index contributed by atoms with van der Waals surface area (Å²) in [6, 6.07) is 1.98. The zero-order chi connectivity index (χ0) is 15.4. The third-order valence-corrected chi connectivity index (χ3v) is 3.73. The van der Waals surface area contributed by atoms with Crippen LogP contribution in [0.5, 0.6) is 0 Å². The van der Waals surface area contributed by atoms with Crippen LogP contribution in [0.15, 0.2) is 18.5 Å². The van der Waals surface area contributed by atoms with Crippen molar-refractivity contribution in [1.82, 2.24) is 20.2 Å². The van der Waals surface area contributed by atoms with Gasteiger partial charge < -0.3 is 20.3 Å². The van der Waals surface area contributed by atoms with E-state index in [-0.39, 0.29) is 0 Å². The summed E-state index contributed by atoms with van der Waals surface area (Å²) >= 11 is 0. The molecule has 1 saturated heterocycles. The van der Waals surface area contributed by atoms with Crippen LogP contribution in [0.1, 0.15) is 5.56 Å². The quantitative estimate of drug-likeness (QED) is 0.820. The minimum atomic E-state index is 0.300. The number of nitrogens with zero attached hydrogens (tertiary/aromatic N) is 5. The zero-order valence-corrected chi connectivity index (χ0v) is 12.7. The predicted molar refractivity (Wildman–Crippen MR) is 85.0 cm³/mol. The Hall–Kier alpha value is -2.35. The number of nitrogens with two attached hydrogens (primary N) is 1. The summed E-state index contributed by atoms with van der Waals surface area (Å²) in [7, 11) is 2.00. The third kappa shape index (κ3) is 3.45. The summed E-state index contributed by atoms with van der Waals surface area (Å²) in [5, 5.41) is 6.78. The SMILES string of the molecule is CN(CCc1cn[nH]c1)c1cc(N2CCOCC2)nc(N)n1. The molecule has 0 radical (unpaired) electrons. The number of aromatic amines is 1. The van der Waals surface area contributed by atoms with Gasteiger partial charge in [0.15, 0.2) is 0 Å². The lowest BCUT2D eigenvalue weighted by Gasteiger charge is -2.28. The van der Waals surface area contributed by atoms with Crippen molar-refractivity contribution < 1.29 is 4.74 Å². The van der Waals surface area contributed by atoms with Crippen LogP contribution in [0.3, 0.4) is 0 Å². The average Bonchev–Trinajstić information content (AvgIpc) is 3.06. The Balaban J connectivity index is 1.70. The lowest BCUT2D eigenvalue weighted by Crippen LogP contribution is -2.37. The van der Waals surface area contributed by atoms with Gasteiger partial charge in [0.05, 0.1) is 19.4 Å². The highest BCUT2D eigenvalue weighted by Crippen LogP contribution is 2.20. The molecule has 0 aliphatic carbocycles. The first-order valence-corrected chi connectivity index (χ1v) is 7.38. The number of hydrogen-bond donors (Lipinski definition) is 2. The van der Waals surface area contributed by atoms with E-state index in [1.165, 1.54) is 5.56 Å². The van der Waals surface area contributed by atoms with E-state index >= 15 is 0 Å². The molecule has 0 bridgehead atoms. The number of anilines is 3. The van der Waals surface area contributed by atoms with Crippen molar-refractivity contribution in [3.63, 3.8) is 0 Å². The number of aromatic nitrogens is 4. The molecule has 1 aliphatic heterocycles. The minimum absolute atomic E-state index is 0.300. The van der Waals surface area contributed by atoms with Gasteiger partial charge in [-0.2, -0.15) is 15.1 Å². The number of likely N-dealkylation sites (N-methyl/N-ethyl adjacent to an activating group) is 1. The number of H-pyrrole nitrogens is 1. The molecule has 118 valence electrons. The first kappa shape index (κ1) is 14.6. The number of nitrogen functional groups attached to an aromatic ring is 1. The fourth-order valence-corrected chi connectivity index (χ4v) is 2.42. The summed E-state index contributed by atoms with van der Waals surface area (Å²) in [5.74, 6) is 1.99. The summed E-state index contributed by atoms with van der Waals surface area (Å²) in [4.78, 5) is 12.9. The number of morpholine rings is 1. The first-order valence-electron chi connectivity index (χ1n) is 7.38. The summed E-state index contributed by atoms with van der Waals surface area (Å²) in [6.07, 6.45) is 4.63. The number of hydrogen-bond acceptors (Lipinski definition) is 7. The van der Waals surface area contributed by atoms with E-state index in [2.05, 4.69) is 30.0 Å². The Labute approximate surface area is 129 Å². The van der Waals surface area contributed by atoms with Crippen molar-refractivity contribution in [3.05, 3.63) is 24.0 Å². The maximum Gasteiger partial charge on any atom is 0.223 e. The second-order valence-electron chi connectivity index (χ2n) is 5.32. The van der Waals surface area contributed by atoms with Crippen molar-refractivity contribution in [2.24, 2.45) is 0 Å². The van der Waals surface area contributed by atoms with Crippen molar-refractivity contribution in [2.45, 2.75) is 6.42 Å². The Morgan fingerprint density at radius 2 is 2.18 bits per heavy atom. The average molecular weight is 303 g/mol. The molecule has 0 spiro atoms. The number of nitrogens with one attached hydrogen (secondary N) is 1. The van der Waals surface area contributed by atoms with Gasteiger partial charge in [-0.15, -0.1) is 0 Å². The minimum Gasteiger partial charge on any atom is -0.378 e. The van der Waals surface area contributed by atoms with Crippen LogP contribution in [0, 0.1) is 0 Å². The van der Waals surface area contributed by atoms with Crippen LogP contribution in [0.4, 0.5) is 17.6 Å². The molecule has 3 N–H and O–H groups in total. The Morgan fingerprint density at radius 1 is 1.36 bits per heavy atom. The van der Waals surface area contributed by atoms with Crippen LogP contribution < -0.4 is 15.5 Å². The number of ether oxygens (including phenoxy) is 1. The van der Waals surface area contributed by atoms with Gasteiger partial charge in [0.2, 0.25) is 5.95 Å². The van der Waals surface area contributed by atoms with E-state index in [4.69, 9.17) is 10.5 Å². The van der Waals surface area contributed by atoms with Gasteiger partial charge in [0, 0.05) is 38.9 Å². The predicted octanol–water partition coefficient (Wildman–Crippen LogP) is 0.297. The molecule has 1 aliphatic rings. The van der Waals surface area contributed by atoms with Gasteiger partial charge in [-0.3, -0.25) is 5.10 Å². The second kappa shape index (κ2) is 6.61. The first-order chi connectivity index (χ1) is 10.7. The lowest BCUT2D eigenvalue weighted by molar-refractivity contribution is 0.122. The molecule has 0 unspecified atom stereocenters. The molecule has 1 fully saturated rings. The van der Waals surface area contributed by atoms with Crippen LogP contribution in [0.25, 0.3) is 0 Å². The third-order valence-electron chi connectivity index (χ3n) is 3.73. The Bertz CT molecular complexity index is 595. The van der Waals surface area contributed by atoms with E-state index in [0.717, 1.165) is 50.9 Å². The molecule has 3 rings (SSSR count). The molecule has 2 aromatic heterocycles. The van der Waals surface area contributed by atoms with Crippen LogP contribution >= 0.6 is 0 Å². The van der Waals surface area contributed by atoms with Crippen molar-refractivity contribution >= 4 is 17.6 Å². The van der Waals surface area contributed by atoms with Gasteiger partial charge in [-0.25, -0.2) is 0 Å². The van der Waals surface area contributed by atoms with Crippen molar-refractivity contribution in [2.75, 3.05) is 55.4 Å². The molecule has 8 heteroatoms. The largest absolute Gasteiger partial charge is 0.378 e. The molecular formula is C14H21N7O. The highest BCUT2D eigenvalue weighted by molar-refractivity contribution is 5.54. The van der Waals surface area contributed by atoms with Gasteiger partial charge in [-0.1, -0.05) is 0 Å². The van der Waals surface area contributed by atoms with Crippen molar-refractivity contribution in [3.8, 4) is 0 Å². The highest BCUT2D eigenvalue weighted by Gasteiger charge is 2.15. The molecule has 8 nitrogen and oxygen atoms in total. The van der Waals surface area contributed by atoms with E-state index in [9.17, 15) is 0 Å². The fraction of sp³-hybridized carbons (Fsp3) is 0.500. The molecule has 3 heterocycles. The maximum absolute atomic E-state index is 5.87. The monoisotopic (exact) mass is 303 g/mol. The standard InChI is InChI=1S/C14H21N7O/c1-20(3-2-11-9-16-17-10-11)12-8-13(19-14(15)18-12)21-4-6-22-7-5-21/h8-10H,2-7H2,1H3,(H,16,17)(H2,15,18,19). The van der Waals surface area contributed by atoms with Gasteiger partial charge >= 0.3 is 0 Å².